The highest BCUT2D eigenvalue weighted by Crippen LogP contribution is 2.27. The normalized spacial score (nSPS) is 10.3. The number of rotatable bonds is 4. The maximum absolute atomic E-state index is 13.2. The molecule has 6 nitrogen and oxygen atoms in total. The number of hydrogen-bond acceptors (Lipinski definition) is 6. The molecule has 2 rings (SSSR count). The molecule has 0 aliphatic rings. The Labute approximate surface area is 117 Å². The highest BCUT2D eigenvalue weighted by atomic mass is 32.1. The minimum absolute atomic E-state index is 0.147. The molecule has 0 fully saturated rings. The zero-order valence-corrected chi connectivity index (χ0v) is 11.1. The van der Waals surface area contributed by atoms with Gasteiger partial charge in [-0.3, -0.25) is 10.1 Å². The number of nitro groups is 1. The van der Waals surface area contributed by atoms with Gasteiger partial charge in [0, 0.05) is 17.0 Å². The first-order chi connectivity index (χ1) is 9.52. The van der Waals surface area contributed by atoms with Gasteiger partial charge in [0.05, 0.1) is 17.2 Å². The lowest BCUT2D eigenvalue weighted by Gasteiger charge is -1.98. The molecule has 0 aliphatic heterocycles. The number of esters is 1. The van der Waals surface area contributed by atoms with Gasteiger partial charge in [0.25, 0.3) is 0 Å². The summed E-state index contributed by atoms with van der Waals surface area (Å²) < 4.78 is 18.0. The van der Waals surface area contributed by atoms with E-state index in [9.17, 15) is 19.3 Å². The highest BCUT2D eigenvalue weighted by molar-refractivity contribution is 7.11. The van der Waals surface area contributed by atoms with Crippen LogP contribution in [0.2, 0.25) is 0 Å². The molecule has 20 heavy (non-hydrogen) atoms. The summed E-state index contributed by atoms with van der Waals surface area (Å²) >= 11 is 1.06. The second kappa shape index (κ2) is 5.74. The number of halogens is 1. The quantitative estimate of drug-likeness (QED) is 0.492. The van der Waals surface area contributed by atoms with E-state index in [2.05, 4.69) is 4.98 Å². The van der Waals surface area contributed by atoms with Crippen LogP contribution in [0.1, 0.15) is 16.7 Å². The summed E-state index contributed by atoms with van der Waals surface area (Å²) in [6.07, 6.45) is 0. The van der Waals surface area contributed by atoms with Gasteiger partial charge in [-0.25, -0.2) is 9.78 Å². The SMILES string of the molecule is CCOC(=O)c1nc(-c2ccc(F)c([N+](=O)[O-])c2)cs1. The smallest absolute Gasteiger partial charge is 0.367 e. The van der Waals surface area contributed by atoms with Crippen molar-refractivity contribution in [2.24, 2.45) is 0 Å². The third-order valence-corrected chi connectivity index (χ3v) is 3.22. The van der Waals surface area contributed by atoms with E-state index in [1.165, 1.54) is 6.07 Å². The van der Waals surface area contributed by atoms with Gasteiger partial charge in [0.1, 0.15) is 0 Å². The Morgan fingerprint density at radius 3 is 2.95 bits per heavy atom. The zero-order valence-electron chi connectivity index (χ0n) is 10.3. The van der Waals surface area contributed by atoms with Crippen LogP contribution < -0.4 is 0 Å². The summed E-state index contributed by atoms with van der Waals surface area (Å²) in [5.74, 6) is -1.47. The van der Waals surface area contributed by atoms with Crippen LogP contribution in [-0.4, -0.2) is 22.5 Å². The molecule has 104 valence electrons. The third kappa shape index (κ3) is 2.80. The molecule has 1 aromatic heterocycles. The summed E-state index contributed by atoms with van der Waals surface area (Å²) in [7, 11) is 0. The number of hydrogen-bond donors (Lipinski definition) is 0. The molecule has 0 N–H and O–H groups in total. The van der Waals surface area contributed by atoms with Gasteiger partial charge in [0.15, 0.2) is 0 Å². The molecule has 0 saturated heterocycles. The predicted octanol–water partition coefficient (Wildman–Crippen LogP) is 3.03. The Morgan fingerprint density at radius 2 is 2.30 bits per heavy atom. The van der Waals surface area contributed by atoms with Gasteiger partial charge >= 0.3 is 11.7 Å². The highest BCUT2D eigenvalue weighted by Gasteiger charge is 2.18. The topological polar surface area (TPSA) is 82.3 Å². The average molecular weight is 296 g/mol. The van der Waals surface area contributed by atoms with Crippen molar-refractivity contribution in [3.8, 4) is 11.3 Å². The fourth-order valence-electron chi connectivity index (χ4n) is 1.50. The van der Waals surface area contributed by atoms with Crippen LogP contribution in [0.3, 0.4) is 0 Å². The van der Waals surface area contributed by atoms with Crippen molar-refractivity contribution < 1.29 is 18.8 Å². The number of ether oxygens (including phenoxy) is 1. The number of nitro benzene ring substituents is 1. The number of carbonyl (C=O) groups excluding carboxylic acids is 1. The van der Waals surface area contributed by atoms with Crippen LogP contribution in [0, 0.1) is 15.9 Å². The number of benzene rings is 1. The van der Waals surface area contributed by atoms with Crippen molar-refractivity contribution in [2.75, 3.05) is 6.61 Å². The Kier molecular flexibility index (Phi) is 4.04. The van der Waals surface area contributed by atoms with Crippen molar-refractivity contribution in [3.63, 3.8) is 0 Å². The second-order valence-electron chi connectivity index (χ2n) is 3.68. The molecule has 2 aromatic rings. The Bertz CT molecular complexity index is 671. The molecule has 1 aromatic carbocycles. The monoisotopic (exact) mass is 296 g/mol. The van der Waals surface area contributed by atoms with E-state index in [1.54, 1.807) is 12.3 Å². The third-order valence-electron chi connectivity index (χ3n) is 2.39. The van der Waals surface area contributed by atoms with Gasteiger partial charge in [-0.1, -0.05) is 0 Å². The molecule has 0 aliphatic carbocycles. The van der Waals surface area contributed by atoms with Crippen molar-refractivity contribution in [1.82, 2.24) is 4.98 Å². The average Bonchev–Trinajstić information content (AvgIpc) is 2.89. The van der Waals surface area contributed by atoms with E-state index in [0.717, 1.165) is 23.5 Å². The summed E-state index contributed by atoms with van der Waals surface area (Å²) in [6, 6.07) is 3.45. The van der Waals surface area contributed by atoms with Gasteiger partial charge in [0.2, 0.25) is 10.8 Å². The van der Waals surface area contributed by atoms with Crippen LogP contribution in [0.25, 0.3) is 11.3 Å². The van der Waals surface area contributed by atoms with Crippen molar-refractivity contribution in [3.05, 3.63) is 44.5 Å². The summed E-state index contributed by atoms with van der Waals surface area (Å²) in [6.45, 7) is 1.91. The van der Waals surface area contributed by atoms with Crippen molar-refractivity contribution in [1.29, 1.82) is 0 Å². The van der Waals surface area contributed by atoms with E-state index in [0.29, 0.717) is 11.3 Å². The fraction of sp³-hybridized carbons (Fsp3) is 0.167. The first kappa shape index (κ1) is 14.1. The lowest BCUT2D eigenvalue weighted by molar-refractivity contribution is -0.387. The molecule has 0 spiro atoms. The maximum atomic E-state index is 13.2. The predicted molar refractivity (Wildman–Crippen MR) is 70.1 cm³/mol. The van der Waals surface area contributed by atoms with Gasteiger partial charge in [-0.2, -0.15) is 4.39 Å². The zero-order chi connectivity index (χ0) is 14.7. The Hall–Kier alpha value is -2.35. The van der Waals surface area contributed by atoms with Crippen LogP contribution in [-0.2, 0) is 4.74 Å². The summed E-state index contributed by atoms with van der Waals surface area (Å²) in [5, 5.41) is 12.4. The van der Waals surface area contributed by atoms with E-state index < -0.39 is 22.4 Å². The van der Waals surface area contributed by atoms with Crippen LogP contribution in [0.5, 0.6) is 0 Å². The van der Waals surface area contributed by atoms with Crippen LogP contribution in [0.15, 0.2) is 23.6 Å². The number of thiazole rings is 1. The number of aromatic nitrogens is 1. The Balaban J connectivity index is 2.35. The second-order valence-corrected chi connectivity index (χ2v) is 4.54. The summed E-state index contributed by atoms with van der Waals surface area (Å²) in [5.41, 5.74) is 0.0965. The minimum Gasteiger partial charge on any atom is -0.461 e. The lowest BCUT2D eigenvalue weighted by Crippen LogP contribution is -2.03. The van der Waals surface area contributed by atoms with E-state index in [1.807, 2.05) is 0 Å². The molecule has 0 saturated carbocycles. The lowest BCUT2D eigenvalue weighted by atomic mass is 10.1. The first-order valence-electron chi connectivity index (χ1n) is 5.60. The molecule has 0 bridgehead atoms. The van der Waals surface area contributed by atoms with Gasteiger partial charge in [-0.15, -0.1) is 11.3 Å². The molecule has 1 heterocycles. The van der Waals surface area contributed by atoms with Crippen molar-refractivity contribution in [2.45, 2.75) is 6.92 Å². The number of nitrogens with zero attached hydrogens (tertiary/aromatic N) is 2. The maximum Gasteiger partial charge on any atom is 0.367 e. The molecule has 0 unspecified atom stereocenters. The first-order valence-corrected chi connectivity index (χ1v) is 6.48. The fourth-order valence-corrected chi connectivity index (χ4v) is 2.22. The van der Waals surface area contributed by atoms with Gasteiger partial charge in [-0.05, 0) is 19.1 Å². The molecular formula is C12H9FN2O4S. The molecular weight excluding hydrogens is 287 g/mol. The molecule has 0 atom stereocenters. The minimum atomic E-state index is -0.917. The van der Waals surface area contributed by atoms with Crippen LogP contribution >= 0.6 is 11.3 Å². The number of carbonyl (C=O) groups is 1. The van der Waals surface area contributed by atoms with E-state index in [-0.39, 0.29) is 11.6 Å². The largest absolute Gasteiger partial charge is 0.461 e. The van der Waals surface area contributed by atoms with E-state index >= 15 is 0 Å². The summed E-state index contributed by atoms with van der Waals surface area (Å²) in [4.78, 5) is 25.4. The molecule has 0 radical (unpaired) electrons. The van der Waals surface area contributed by atoms with Gasteiger partial charge < -0.3 is 4.74 Å². The molecule has 8 heteroatoms. The standard InChI is InChI=1S/C12H9FN2O4S/c1-2-19-12(16)11-14-9(6-20-11)7-3-4-8(13)10(5-7)15(17)18/h3-6H,2H2,1H3. The van der Waals surface area contributed by atoms with Crippen LogP contribution in [0.4, 0.5) is 10.1 Å². The van der Waals surface area contributed by atoms with E-state index in [4.69, 9.17) is 4.74 Å². The Morgan fingerprint density at radius 1 is 1.55 bits per heavy atom. The molecule has 0 amide bonds. The van der Waals surface area contributed by atoms with Crippen molar-refractivity contribution >= 4 is 23.0 Å².